The molecule has 1 saturated carbocycles. The zero-order chi connectivity index (χ0) is 18.6. The normalized spacial score (nSPS) is 14.3. The summed E-state index contributed by atoms with van der Waals surface area (Å²) in [5.74, 6) is 1.38. The second kappa shape index (κ2) is 7.92. The molecule has 2 heterocycles. The highest BCUT2D eigenvalue weighted by Gasteiger charge is 2.17. The van der Waals surface area contributed by atoms with Gasteiger partial charge in [-0.3, -0.25) is 4.98 Å². The quantitative estimate of drug-likeness (QED) is 0.604. The first-order valence-corrected chi connectivity index (χ1v) is 9.64. The largest absolute Gasteiger partial charge is 0.351 e. The number of halogens is 1. The number of aromatic nitrogens is 3. The summed E-state index contributed by atoms with van der Waals surface area (Å²) in [6.45, 7) is 2.04. The number of anilines is 3. The molecule has 0 spiro atoms. The Balaban J connectivity index is 1.69. The van der Waals surface area contributed by atoms with E-state index in [2.05, 4.69) is 15.6 Å². The maximum absolute atomic E-state index is 6.16. The number of nitrogens with one attached hydrogen (secondary N) is 2. The Morgan fingerprint density at radius 2 is 1.93 bits per heavy atom. The van der Waals surface area contributed by atoms with Crippen LogP contribution in [0.5, 0.6) is 0 Å². The molecule has 1 aliphatic carbocycles. The average molecular weight is 380 g/mol. The third-order valence-electron chi connectivity index (χ3n) is 4.83. The number of rotatable bonds is 5. The molecule has 0 atom stereocenters. The predicted octanol–water partition coefficient (Wildman–Crippen LogP) is 5.60. The maximum atomic E-state index is 6.16. The van der Waals surface area contributed by atoms with Gasteiger partial charge in [-0.25, -0.2) is 4.98 Å². The average Bonchev–Trinajstić information content (AvgIpc) is 3.18. The van der Waals surface area contributed by atoms with Crippen molar-refractivity contribution in [2.75, 3.05) is 10.6 Å². The van der Waals surface area contributed by atoms with Crippen LogP contribution in [0.25, 0.3) is 11.3 Å². The minimum absolute atomic E-state index is 0.440. The fourth-order valence-electron chi connectivity index (χ4n) is 3.36. The fourth-order valence-corrected chi connectivity index (χ4v) is 3.53. The molecule has 3 aromatic rings. The summed E-state index contributed by atoms with van der Waals surface area (Å²) < 4.78 is 0. The third kappa shape index (κ3) is 4.37. The van der Waals surface area contributed by atoms with Gasteiger partial charge in [-0.15, -0.1) is 0 Å². The molecule has 0 saturated heterocycles. The molecule has 2 aromatic heterocycles. The Bertz CT molecular complexity index is 923. The van der Waals surface area contributed by atoms with Crippen LogP contribution in [0.15, 0.2) is 48.8 Å². The molecule has 0 aliphatic heterocycles. The van der Waals surface area contributed by atoms with Crippen molar-refractivity contribution in [2.45, 2.75) is 38.6 Å². The van der Waals surface area contributed by atoms with Gasteiger partial charge in [0.25, 0.3) is 0 Å². The lowest BCUT2D eigenvalue weighted by molar-refractivity contribution is 0.744. The van der Waals surface area contributed by atoms with Crippen molar-refractivity contribution in [3.8, 4) is 11.3 Å². The monoisotopic (exact) mass is 379 g/mol. The molecule has 1 aliphatic rings. The first-order chi connectivity index (χ1) is 13.2. The van der Waals surface area contributed by atoms with Crippen molar-refractivity contribution < 1.29 is 0 Å². The number of nitrogens with zero attached hydrogens (tertiary/aromatic N) is 3. The van der Waals surface area contributed by atoms with E-state index < -0.39 is 0 Å². The molecule has 0 unspecified atom stereocenters. The van der Waals surface area contributed by atoms with E-state index in [1.165, 1.54) is 12.8 Å². The van der Waals surface area contributed by atoms with Gasteiger partial charge in [-0.05, 0) is 49.6 Å². The van der Waals surface area contributed by atoms with Crippen LogP contribution in [0.3, 0.4) is 0 Å². The Labute approximate surface area is 164 Å². The summed E-state index contributed by atoms with van der Waals surface area (Å²) in [6, 6.07) is 12.1. The second-order valence-corrected chi connectivity index (χ2v) is 7.35. The number of aryl methyl sites for hydroxylation is 1. The molecular formula is C21H22ClN5. The molecule has 1 aromatic carbocycles. The Hall–Kier alpha value is -2.66. The number of pyridine rings is 1. The van der Waals surface area contributed by atoms with Crippen LogP contribution in [0.1, 0.15) is 31.2 Å². The summed E-state index contributed by atoms with van der Waals surface area (Å²) in [6.07, 6.45) is 8.42. The minimum Gasteiger partial charge on any atom is -0.351 e. The number of hydrogen-bond donors (Lipinski definition) is 2. The predicted molar refractivity (Wildman–Crippen MR) is 111 cm³/mol. The van der Waals surface area contributed by atoms with Crippen molar-refractivity contribution in [3.05, 3.63) is 59.4 Å². The van der Waals surface area contributed by atoms with Gasteiger partial charge >= 0.3 is 0 Å². The lowest BCUT2D eigenvalue weighted by Gasteiger charge is -2.15. The van der Waals surface area contributed by atoms with Crippen molar-refractivity contribution in [2.24, 2.45) is 0 Å². The van der Waals surface area contributed by atoms with Gasteiger partial charge in [0, 0.05) is 40.8 Å². The lowest BCUT2D eigenvalue weighted by Crippen LogP contribution is -2.17. The highest BCUT2D eigenvalue weighted by molar-refractivity contribution is 6.30. The first kappa shape index (κ1) is 17.7. The van der Waals surface area contributed by atoms with Crippen molar-refractivity contribution in [1.29, 1.82) is 0 Å². The zero-order valence-electron chi connectivity index (χ0n) is 15.2. The van der Waals surface area contributed by atoms with E-state index in [4.69, 9.17) is 21.6 Å². The van der Waals surface area contributed by atoms with Crippen molar-refractivity contribution >= 4 is 29.1 Å². The SMILES string of the molecule is Cc1ccc(Cl)cc1Nc1cc(-c2cccnc2)nc(NC2CCCC2)n1. The smallest absolute Gasteiger partial charge is 0.225 e. The molecule has 2 N–H and O–H groups in total. The van der Waals surface area contributed by atoms with Crippen LogP contribution in [-0.4, -0.2) is 21.0 Å². The van der Waals surface area contributed by atoms with E-state index in [0.717, 1.165) is 41.2 Å². The molecule has 138 valence electrons. The molecule has 0 radical (unpaired) electrons. The van der Waals surface area contributed by atoms with Gasteiger partial charge in [-0.1, -0.05) is 30.5 Å². The molecule has 1 fully saturated rings. The lowest BCUT2D eigenvalue weighted by atomic mass is 10.2. The van der Waals surface area contributed by atoms with Crippen LogP contribution in [0, 0.1) is 6.92 Å². The van der Waals surface area contributed by atoms with Gasteiger partial charge in [0.1, 0.15) is 5.82 Å². The minimum atomic E-state index is 0.440. The van der Waals surface area contributed by atoms with Crippen LogP contribution in [-0.2, 0) is 0 Å². The molecule has 6 heteroatoms. The van der Waals surface area contributed by atoms with Gasteiger partial charge in [-0.2, -0.15) is 4.98 Å². The van der Waals surface area contributed by atoms with E-state index in [1.807, 2.05) is 49.5 Å². The topological polar surface area (TPSA) is 62.7 Å². The van der Waals surface area contributed by atoms with E-state index in [1.54, 1.807) is 6.20 Å². The molecule has 27 heavy (non-hydrogen) atoms. The van der Waals surface area contributed by atoms with Crippen molar-refractivity contribution in [1.82, 2.24) is 15.0 Å². The Morgan fingerprint density at radius 3 is 2.70 bits per heavy atom. The van der Waals surface area contributed by atoms with Crippen LogP contribution >= 0.6 is 11.6 Å². The van der Waals surface area contributed by atoms with Gasteiger partial charge in [0.2, 0.25) is 5.95 Å². The Morgan fingerprint density at radius 1 is 1.07 bits per heavy atom. The summed E-state index contributed by atoms with van der Waals surface area (Å²) in [5, 5.41) is 7.58. The summed E-state index contributed by atoms with van der Waals surface area (Å²) in [4.78, 5) is 13.6. The molecule has 0 amide bonds. The molecule has 5 nitrogen and oxygen atoms in total. The molecular weight excluding hydrogens is 358 g/mol. The zero-order valence-corrected chi connectivity index (χ0v) is 16.0. The second-order valence-electron chi connectivity index (χ2n) is 6.91. The first-order valence-electron chi connectivity index (χ1n) is 9.26. The molecule has 0 bridgehead atoms. The molecule has 4 rings (SSSR count). The number of hydrogen-bond acceptors (Lipinski definition) is 5. The van der Waals surface area contributed by atoms with E-state index in [-0.39, 0.29) is 0 Å². The van der Waals surface area contributed by atoms with Crippen molar-refractivity contribution in [3.63, 3.8) is 0 Å². The third-order valence-corrected chi connectivity index (χ3v) is 5.07. The Kier molecular flexibility index (Phi) is 5.21. The van der Waals surface area contributed by atoms with Gasteiger partial charge < -0.3 is 10.6 Å². The standard InChI is InChI=1S/C21H22ClN5/c1-14-8-9-16(22)11-18(14)25-20-12-19(15-5-4-10-23-13-15)26-21(27-20)24-17-6-2-3-7-17/h4-5,8-13,17H,2-3,6-7H2,1H3,(H2,24,25,26,27). The summed E-state index contributed by atoms with van der Waals surface area (Å²) in [5.41, 5.74) is 3.83. The number of benzene rings is 1. The maximum Gasteiger partial charge on any atom is 0.225 e. The fraction of sp³-hybridized carbons (Fsp3) is 0.286. The summed E-state index contributed by atoms with van der Waals surface area (Å²) >= 11 is 6.16. The highest BCUT2D eigenvalue weighted by Crippen LogP contribution is 2.28. The van der Waals surface area contributed by atoms with E-state index in [0.29, 0.717) is 17.0 Å². The van der Waals surface area contributed by atoms with Crippen LogP contribution < -0.4 is 10.6 Å². The van der Waals surface area contributed by atoms with Crippen LogP contribution in [0.2, 0.25) is 5.02 Å². The van der Waals surface area contributed by atoms with E-state index in [9.17, 15) is 0 Å². The van der Waals surface area contributed by atoms with Gasteiger partial charge in [0.05, 0.1) is 5.69 Å². The van der Waals surface area contributed by atoms with E-state index >= 15 is 0 Å². The highest BCUT2D eigenvalue weighted by atomic mass is 35.5. The summed E-state index contributed by atoms with van der Waals surface area (Å²) in [7, 11) is 0. The van der Waals surface area contributed by atoms with Crippen LogP contribution in [0.4, 0.5) is 17.5 Å². The van der Waals surface area contributed by atoms with Gasteiger partial charge in [0.15, 0.2) is 0 Å².